The molecule has 2 aromatic carbocycles. The molecule has 1 aliphatic heterocycles. The number of pyridine rings is 1. The molecule has 3 aromatic rings. The van der Waals surface area contributed by atoms with Crippen LogP contribution in [0.2, 0.25) is 0 Å². The number of allylic oxidation sites excluding steroid dienone is 1. The summed E-state index contributed by atoms with van der Waals surface area (Å²) in [6, 6.07) is 20.0. The first kappa shape index (κ1) is 20.3. The Kier molecular flexibility index (Phi) is 5.29. The van der Waals surface area contributed by atoms with Crippen LogP contribution in [0.4, 0.5) is 11.4 Å². The topological polar surface area (TPSA) is 96.5 Å². The number of nitrogens with zero attached hydrogens (tertiary/aromatic N) is 2. The number of aromatic nitrogens is 1. The van der Waals surface area contributed by atoms with Crippen LogP contribution in [0.5, 0.6) is 0 Å². The molecule has 0 aliphatic carbocycles. The van der Waals surface area contributed by atoms with Crippen LogP contribution >= 0.6 is 0 Å². The monoisotopic (exact) mass is 413 g/mol. The Labute approximate surface area is 180 Å². The molecule has 1 amide bonds. The first-order valence-electron chi connectivity index (χ1n) is 10.1. The first-order valence-corrected chi connectivity index (χ1v) is 10.1. The minimum Gasteiger partial charge on any atom is -0.477 e. The highest BCUT2D eigenvalue weighted by molar-refractivity contribution is 6.37. The van der Waals surface area contributed by atoms with Gasteiger partial charge in [0.05, 0.1) is 23.5 Å². The molecular weight excluding hydrogens is 390 g/mol. The van der Waals surface area contributed by atoms with Crippen molar-refractivity contribution in [3.8, 4) is 0 Å². The molecule has 0 bridgehead atoms. The average molecular weight is 413 g/mol. The summed E-state index contributed by atoms with van der Waals surface area (Å²) in [4.78, 5) is 30.8. The molecule has 0 saturated heterocycles. The highest BCUT2D eigenvalue weighted by atomic mass is 16.4. The Hall–Kier alpha value is -3.93. The first-order chi connectivity index (χ1) is 14.9. The summed E-state index contributed by atoms with van der Waals surface area (Å²) < 4.78 is 0. The predicted octanol–water partition coefficient (Wildman–Crippen LogP) is 4.48. The summed E-state index contributed by atoms with van der Waals surface area (Å²) in [6.45, 7) is 4.32. The third kappa shape index (κ3) is 3.80. The van der Waals surface area contributed by atoms with Gasteiger partial charge in [-0.25, -0.2) is 9.78 Å². The molecule has 0 radical (unpaired) electrons. The number of carboxylic acid groups (broad SMARTS) is 1. The zero-order chi connectivity index (χ0) is 22.1. The molecule has 0 saturated carbocycles. The molecule has 6 nitrogen and oxygen atoms in total. The largest absolute Gasteiger partial charge is 0.477 e. The molecule has 1 aromatic heterocycles. The average Bonchev–Trinajstić information content (AvgIpc) is 3.02. The second-order valence-electron chi connectivity index (χ2n) is 7.79. The number of benzene rings is 2. The van der Waals surface area contributed by atoms with Gasteiger partial charge in [0, 0.05) is 11.3 Å². The number of aromatic carboxylic acids is 1. The van der Waals surface area contributed by atoms with Crippen molar-refractivity contribution in [3.05, 3.63) is 89.2 Å². The van der Waals surface area contributed by atoms with Gasteiger partial charge in [0.2, 0.25) is 0 Å². The number of amides is 1. The van der Waals surface area contributed by atoms with Crippen LogP contribution < -0.4 is 10.6 Å². The summed E-state index contributed by atoms with van der Waals surface area (Å²) in [5, 5.41) is 9.24. The fourth-order valence-corrected chi connectivity index (χ4v) is 3.98. The van der Waals surface area contributed by atoms with Gasteiger partial charge in [-0.15, -0.1) is 0 Å². The number of para-hydroxylation sites is 1. The molecule has 0 atom stereocenters. The van der Waals surface area contributed by atoms with Gasteiger partial charge in [-0.2, -0.15) is 0 Å². The number of nitrogen functional groups attached to an aromatic ring is 1. The molecule has 0 spiro atoms. The van der Waals surface area contributed by atoms with Crippen molar-refractivity contribution in [2.75, 3.05) is 10.6 Å². The Balaban J connectivity index is 1.84. The van der Waals surface area contributed by atoms with E-state index in [2.05, 4.69) is 18.8 Å². The summed E-state index contributed by atoms with van der Waals surface area (Å²) >= 11 is 0. The van der Waals surface area contributed by atoms with Gasteiger partial charge in [0.15, 0.2) is 0 Å². The van der Waals surface area contributed by atoms with E-state index in [-0.39, 0.29) is 24.1 Å². The fourth-order valence-electron chi connectivity index (χ4n) is 3.98. The van der Waals surface area contributed by atoms with Crippen molar-refractivity contribution in [3.63, 3.8) is 0 Å². The van der Waals surface area contributed by atoms with Gasteiger partial charge in [-0.3, -0.25) is 4.79 Å². The molecule has 0 fully saturated rings. The minimum absolute atomic E-state index is 0.0436. The van der Waals surface area contributed by atoms with Gasteiger partial charge in [0.1, 0.15) is 5.69 Å². The van der Waals surface area contributed by atoms with Crippen LogP contribution in [0.25, 0.3) is 11.1 Å². The molecular formula is C25H23N3O3. The molecule has 31 heavy (non-hydrogen) atoms. The van der Waals surface area contributed by atoms with Crippen LogP contribution in [-0.4, -0.2) is 22.0 Å². The van der Waals surface area contributed by atoms with Crippen molar-refractivity contribution in [2.24, 2.45) is 5.92 Å². The van der Waals surface area contributed by atoms with E-state index in [4.69, 9.17) is 5.73 Å². The lowest BCUT2D eigenvalue weighted by atomic mass is 9.88. The molecule has 1 aliphatic rings. The van der Waals surface area contributed by atoms with E-state index in [1.807, 2.05) is 48.5 Å². The third-order valence-corrected chi connectivity index (χ3v) is 5.34. The second kappa shape index (κ2) is 8.07. The maximum Gasteiger partial charge on any atom is 0.354 e. The standard InChI is InChI=1S/C25H23N3O3/c1-15(2)22(16-10-12-17(26)13-11-16)23-19-7-3-4-9-21(19)28(24(23)29)14-18-6-5-8-20(27-18)25(30)31/h3-13,15H,14,26H2,1-2H3,(H,30,31). The number of hydrogen-bond donors (Lipinski definition) is 2. The van der Waals surface area contributed by atoms with Crippen molar-refractivity contribution >= 4 is 34.4 Å². The van der Waals surface area contributed by atoms with E-state index in [0.717, 1.165) is 22.4 Å². The molecule has 6 heteroatoms. The van der Waals surface area contributed by atoms with Crippen molar-refractivity contribution in [1.29, 1.82) is 0 Å². The van der Waals surface area contributed by atoms with E-state index >= 15 is 0 Å². The Morgan fingerprint density at radius 1 is 1.03 bits per heavy atom. The van der Waals surface area contributed by atoms with Crippen LogP contribution in [0.3, 0.4) is 0 Å². The van der Waals surface area contributed by atoms with Crippen LogP contribution in [0.15, 0.2) is 66.7 Å². The van der Waals surface area contributed by atoms with E-state index in [1.165, 1.54) is 6.07 Å². The number of rotatable bonds is 5. The quantitative estimate of drug-likeness (QED) is 0.475. The fraction of sp³-hybridized carbons (Fsp3) is 0.160. The summed E-state index contributed by atoms with van der Waals surface area (Å²) in [5.41, 5.74) is 11.2. The SMILES string of the molecule is CC(C)C(=C1C(=O)N(Cc2cccc(C(=O)O)n2)c2ccccc21)c1ccc(N)cc1. The van der Waals surface area contributed by atoms with Crippen LogP contribution in [0, 0.1) is 5.92 Å². The number of carbonyl (C=O) groups excluding carboxylic acids is 1. The number of carbonyl (C=O) groups is 2. The van der Waals surface area contributed by atoms with Crippen molar-refractivity contribution < 1.29 is 14.7 Å². The predicted molar refractivity (Wildman–Crippen MR) is 121 cm³/mol. The van der Waals surface area contributed by atoms with Gasteiger partial charge in [0.25, 0.3) is 5.91 Å². The highest BCUT2D eigenvalue weighted by Gasteiger charge is 2.35. The number of carboxylic acids is 1. The summed E-state index contributed by atoms with van der Waals surface area (Å²) in [6.07, 6.45) is 0. The van der Waals surface area contributed by atoms with Crippen LogP contribution in [-0.2, 0) is 11.3 Å². The Morgan fingerprint density at radius 3 is 2.42 bits per heavy atom. The van der Waals surface area contributed by atoms with Gasteiger partial charge < -0.3 is 15.7 Å². The van der Waals surface area contributed by atoms with E-state index in [9.17, 15) is 14.7 Å². The van der Waals surface area contributed by atoms with Gasteiger partial charge in [-0.05, 0) is 47.4 Å². The lowest BCUT2D eigenvalue weighted by molar-refractivity contribution is -0.113. The molecule has 0 unspecified atom stereocenters. The second-order valence-corrected chi connectivity index (χ2v) is 7.79. The van der Waals surface area contributed by atoms with E-state index in [0.29, 0.717) is 17.0 Å². The Morgan fingerprint density at radius 2 is 1.74 bits per heavy atom. The highest BCUT2D eigenvalue weighted by Crippen LogP contribution is 2.43. The van der Waals surface area contributed by atoms with Gasteiger partial charge in [-0.1, -0.05) is 50.2 Å². The number of anilines is 2. The zero-order valence-electron chi connectivity index (χ0n) is 17.4. The molecule has 3 N–H and O–H groups in total. The lowest BCUT2D eigenvalue weighted by Gasteiger charge is -2.18. The van der Waals surface area contributed by atoms with Crippen molar-refractivity contribution in [2.45, 2.75) is 20.4 Å². The summed E-state index contributed by atoms with van der Waals surface area (Å²) in [7, 11) is 0. The van der Waals surface area contributed by atoms with E-state index in [1.54, 1.807) is 17.0 Å². The normalized spacial score (nSPS) is 14.7. The van der Waals surface area contributed by atoms with Crippen molar-refractivity contribution in [1.82, 2.24) is 4.98 Å². The summed E-state index contributed by atoms with van der Waals surface area (Å²) in [5.74, 6) is -1.12. The Bertz CT molecular complexity index is 1200. The lowest BCUT2D eigenvalue weighted by Crippen LogP contribution is -2.27. The minimum atomic E-state index is -1.10. The number of hydrogen-bond acceptors (Lipinski definition) is 4. The molecule has 156 valence electrons. The maximum atomic E-state index is 13.7. The van der Waals surface area contributed by atoms with Crippen LogP contribution in [0.1, 0.15) is 41.2 Å². The third-order valence-electron chi connectivity index (χ3n) is 5.34. The number of nitrogens with two attached hydrogens (primary N) is 1. The van der Waals surface area contributed by atoms with Gasteiger partial charge >= 0.3 is 5.97 Å². The molecule has 2 heterocycles. The maximum absolute atomic E-state index is 13.7. The van der Waals surface area contributed by atoms with E-state index < -0.39 is 5.97 Å². The number of fused-ring (bicyclic) bond motifs is 1. The molecule has 4 rings (SSSR count). The zero-order valence-corrected chi connectivity index (χ0v) is 17.4. The smallest absolute Gasteiger partial charge is 0.354 e.